The molecule has 0 saturated heterocycles. The monoisotopic (exact) mass is 213 g/mol. The molecule has 1 N–H and O–H groups in total. The molecule has 1 rings (SSSR count). The van der Waals surface area contributed by atoms with Crippen LogP contribution in [0.25, 0.3) is 0 Å². The Kier molecular flexibility index (Phi) is 2.73. The molecule has 0 aliphatic carbocycles. The number of aryl methyl sites for hydroxylation is 2. The number of hydrogen-bond acceptors (Lipinski definition) is 3. The predicted molar refractivity (Wildman–Crippen MR) is 54.9 cm³/mol. The zero-order chi connectivity index (χ0) is 10.9. The maximum Gasteiger partial charge on any atom is 0.294 e. The third-order valence-corrected chi connectivity index (χ3v) is 2.94. The zero-order valence-corrected chi connectivity index (χ0v) is 8.80. The van der Waals surface area contributed by atoms with Crippen molar-refractivity contribution in [3.8, 4) is 0 Å². The van der Waals surface area contributed by atoms with E-state index in [0.29, 0.717) is 11.3 Å². The highest BCUT2D eigenvalue weighted by Gasteiger charge is 2.14. The first kappa shape index (κ1) is 10.9. The Morgan fingerprint density at radius 3 is 2.29 bits per heavy atom. The molecule has 1 aromatic carbocycles. The number of nitrogens with zero attached hydrogens (tertiary/aromatic N) is 1. The van der Waals surface area contributed by atoms with E-state index in [4.69, 9.17) is 4.55 Å². The first-order valence-corrected chi connectivity index (χ1v) is 5.35. The van der Waals surface area contributed by atoms with Gasteiger partial charge in [-0.2, -0.15) is 8.42 Å². The van der Waals surface area contributed by atoms with Crippen LogP contribution in [0.3, 0.4) is 0 Å². The highest BCUT2D eigenvalue weighted by atomic mass is 32.2. The first-order valence-electron chi connectivity index (χ1n) is 3.91. The van der Waals surface area contributed by atoms with Crippen LogP contribution in [0.4, 0.5) is 5.69 Å². The molecule has 0 fully saturated rings. The molecule has 0 atom stereocenters. The van der Waals surface area contributed by atoms with Crippen LogP contribution in [-0.4, -0.2) is 19.7 Å². The Hall–Kier alpha value is -1.20. The lowest BCUT2D eigenvalue weighted by molar-refractivity contribution is 0.482. The van der Waals surface area contributed by atoms with Crippen molar-refractivity contribution in [2.24, 2.45) is 4.99 Å². The maximum absolute atomic E-state index is 10.9. The summed E-state index contributed by atoms with van der Waals surface area (Å²) in [5.74, 6) is 0. The third kappa shape index (κ3) is 2.00. The van der Waals surface area contributed by atoms with Gasteiger partial charge in [0.25, 0.3) is 10.1 Å². The van der Waals surface area contributed by atoms with Crippen molar-refractivity contribution < 1.29 is 13.0 Å². The van der Waals surface area contributed by atoms with Crippen molar-refractivity contribution in [1.29, 1.82) is 0 Å². The Balaban J connectivity index is 3.55. The normalized spacial score (nSPS) is 11.4. The van der Waals surface area contributed by atoms with Gasteiger partial charge < -0.3 is 0 Å². The van der Waals surface area contributed by atoms with E-state index in [2.05, 4.69) is 11.7 Å². The smallest absolute Gasteiger partial charge is 0.282 e. The van der Waals surface area contributed by atoms with Crippen molar-refractivity contribution in [3.63, 3.8) is 0 Å². The number of rotatable bonds is 2. The minimum atomic E-state index is -4.17. The van der Waals surface area contributed by atoms with Gasteiger partial charge in [-0.25, -0.2) is 0 Å². The lowest BCUT2D eigenvalue weighted by Gasteiger charge is -2.06. The van der Waals surface area contributed by atoms with Crippen LogP contribution < -0.4 is 0 Å². The van der Waals surface area contributed by atoms with E-state index in [1.165, 1.54) is 6.07 Å². The molecule has 0 aromatic heterocycles. The summed E-state index contributed by atoms with van der Waals surface area (Å²) in [6, 6.07) is 2.96. The Morgan fingerprint density at radius 2 is 1.86 bits per heavy atom. The second kappa shape index (κ2) is 3.51. The number of hydrogen-bond donors (Lipinski definition) is 1. The van der Waals surface area contributed by atoms with Gasteiger partial charge in [0.15, 0.2) is 0 Å². The highest BCUT2D eigenvalue weighted by Crippen LogP contribution is 2.25. The molecule has 0 aliphatic rings. The van der Waals surface area contributed by atoms with E-state index in [9.17, 15) is 8.42 Å². The fourth-order valence-electron chi connectivity index (χ4n) is 1.27. The second-order valence-electron chi connectivity index (χ2n) is 3.04. The lowest BCUT2D eigenvalue weighted by atomic mass is 10.1. The fourth-order valence-corrected chi connectivity index (χ4v) is 2.00. The minimum Gasteiger partial charge on any atom is -0.282 e. The fraction of sp³-hybridized carbons (Fsp3) is 0.222. The molecule has 1 aromatic rings. The van der Waals surface area contributed by atoms with Crippen LogP contribution in [0.15, 0.2) is 22.0 Å². The Labute approximate surface area is 83.1 Å². The van der Waals surface area contributed by atoms with Gasteiger partial charge in [0, 0.05) is 0 Å². The summed E-state index contributed by atoms with van der Waals surface area (Å²) in [6.45, 7) is 6.73. The summed E-state index contributed by atoms with van der Waals surface area (Å²) in [7, 11) is -4.17. The van der Waals surface area contributed by atoms with E-state index in [-0.39, 0.29) is 4.90 Å². The summed E-state index contributed by atoms with van der Waals surface area (Å²) < 4.78 is 30.7. The highest BCUT2D eigenvalue weighted by molar-refractivity contribution is 7.85. The van der Waals surface area contributed by atoms with Crippen LogP contribution in [0, 0.1) is 13.8 Å². The Bertz CT molecular complexity index is 477. The van der Waals surface area contributed by atoms with Gasteiger partial charge in [-0.1, -0.05) is 6.07 Å². The van der Waals surface area contributed by atoms with E-state index in [1.807, 2.05) is 0 Å². The van der Waals surface area contributed by atoms with Gasteiger partial charge in [-0.15, -0.1) is 0 Å². The summed E-state index contributed by atoms with van der Waals surface area (Å²) >= 11 is 0. The van der Waals surface area contributed by atoms with Gasteiger partial charge in [0.1, 0.15) is 0 Å². The van der Waals surface area contributed by atoms with Crippen molar-refractivity contribution in [3.05, 3.63) is 23.3 Å². The molecule has 0 amide bonds. The van der Waals surface area contributed by atoms with Gasteiger partial charge >= 0.3 is 0 Å². The molecule has 0 saturated carbocycles. The van der Waals surface area contributed by atoms with Gasteiger partial charge in [-0.3, -0.25) is 9.55 Å². The van der Waals surface area contributed by atoms with Crippen molar-refractivity contribution in [2.75, 3.05) is 0 Å². The molecule has 0 heterocycles. The number of benzene rings is 1. The minimum absolute atomic E-state index is 0.120. The quantitative estimate of drug-likeness (QED) is 0.602. The average molecular weight is 213 g/mol. The van der Waals surface area contributed by atoms with Crippen molar-refractivity contribution >= 4 is 22.5 Å². The Morgan fingerprint density at radius 1 is 1.29 bits per heavy atom. The molecular weight excluding hydrogens is 202 g/mol. The van der Waals surface area contributed by atoms with Crippen LogP contribution in [0.5, 0.6) is 0 Å². The molecule has 0 aliphatic heterocycles. The predicted octanol–water partition coefficient (Wildman–Crippen LogP) is 1.88. The summed E-state index contributed by atoms with van der Waals surface area (Å²) in [6.07, 6.45) is 0. The van der Waals surface area contributed by atoms with E-state index >= 15 is 0 Å². The van der Waals surface area contributed by atoms with Crippen molar-refractivity contribution in [2.45, 2.75) is 18.7 Å². The molecular formula is C9H11NO3S. The van der Waals surface area contributed by atoms with E-state index in [0.717, 1.165) is 5.56 Å². The van der Waals surface area contributed by atoms with Crippen LogP contribution >= 0.6 is 0 Å². The molecule has 5 heteroatoms. The molecule has 0 unspecified atom stereocenters. The molecule has 76 valence electrons. The molecule has 0 bridgehead atoms. The largest absolute Gasteiger partial charge is 0.294 e. The zero-order valence-electron chi connectivity index (χ0n) is 7.98. The SMILES string of the molecule is C=Nc1cc(S(=O)(=O)O)c(C)cc1C. The lowest BCUT2D eigenvalue weighted by Crippen LogP contribution is -2.01. The van der Waals surface area contributed by atoms with E-state index < -0.39 is 10.1 Å². The second-order valence-corrected chi connectivity index (χ2v) is 4.43. The topological polar surface area (TPSA) is 66.7 Å². The van der Waals surface area contributed by atoms with Crippen molar-refractivity contribution in [1.82, 2.24) is 0 Å². The molecule has 0 spiro atoms. The van der Waals surface area contributed by atoms with Gasteiger partial charge in [0.05, 0.1) is 10.6 Å². The van der Waals surface area contributed by atoms with Gasteiger partial charge in [0.2, 0.25) is 0 Å². The summed E-state index contributed by atoms with van der Waals surface area (Å²) in [5.41, 5.74) is 1.78. The van der Waals surface area contributed by atoms with E-state index in [1.54, 1.807) is 19.9 Å². The third-order valence-electron chi connectivity index (χ3n) is 1.94. The number of aliphatic imine (C=N–C) groups is 1. The molecule has 14 heavy (non-hydrogen) atoms. The summed E-state index contributed by atoms with van der Waals surface area (Å²) in [5, 5.41) is 0. The first-order chi connectivity index (χ1) is 6.36. The molecule has 4 nitrogen and oxygen atoms in total. The van der Waals surface area contributed by atoms with Gasteiger partial charge in [-0.05, 0) is 37.8 Å². The maximum atomic E-state index is 10.9. The standard InChI is InChI=1S/C9H11NO3S/c1-6-4-7(2)9(14(11,12)13)5-8(6)10-3/h4-5H,3H2,1-2H3,(H,11,12,13). The average Bonchev–Trinajstić information content (AvgIpc) is 2.02. The van der Waals surface area contributed by atoms with Crippen LogP contribution in [0.2, 0.25) is 0 Å². The van der Waals surface area contributed by atoms with Crippen LogP contribution in [-0.2, 0) is 10.1 Å². The van der Waals surface area contributed by atoms with Crippen LogP contribution in [0.1, 0.15) is 11.1 Å². The molecule has 0 radical (unpaired) electrons. The summed E-state index contributed by atoms with van der Waals surface area (Å²) in [4.78, 5) is 3.54.